The van der Waals surface area contributed by atoms with Crippen molar-refractivity contribution in [3.63, 3.8) is 0 Å². The van der Waals surface area contributed by atoms with E-state index in [0.29, 0.717) is 12.0 Å². The molecule has 1 aliphatic heterocycles. The highest BCUT2D eigenvalue weighted by atomic mass is 16.5. The molecule has 1 saturated heterocycles. The van der Waals surface area contributed by atoms with Gasteiger partial charge in [-0.25, -0.2) is 0 Å². The van der Waals surface area contributed by atoms with E-state index in [-0.39, 0.29) is 12.0 Å². The lowest BCUT2D eigenvalue weighted by molar-refractivity contribution is -0.142. The molecule has 3 atom stereocenters. The molecular formula is C10H15NO2. The molecule has 0 bridgehead atoms. The van der Waals surface area contributed by atoms with E-state index in [1.54, 1.807) is 0 Å². The second-order valence-corrected chi connectivity index (χ2v) is 3.75. The predicted molar refractivity (Wildman–Crippen MR) is 49.2 cm³/mol. The fraction of sp³-hybridized carbons (Fsp3) is 0.700. The smallest absolute Gasteiger partial charge is 0.322 e. The van der Waals surface area contributed by atoms with Crippen LogP contribution in [0.5, 0.6) is 0 Å². The molecular weight excluding hydrogens is 166 g/mol. The lowest BCUT2D eigenvalue weighted by Crippen LogP contribution is -2.37. The largest absolute Gasteiger partial charge is 0.468 e. The summed E-state index contributed by atoms with van der Waals surface area (Å²) in [5.41, 5.74) is 0. The van der Waals surface area contributed by atoms with Crippen LogP contribution in [0.25, 0.3) is 0 Å². The zero-order chi connectivity index (χ0) is 9.26. The zero-order valence-corrected chi connectivity index (χ0v) is 7.82. The number of esters is 1. The molecule has 1 heterocycles. The number of fused-ring (bicyclic) bond motifs is 1. The highest BCUT2D eigenvalue weighted by Crippen LogP contribution is 2.28. The number of hydrogen-bond acceptors (Lipinski definition) is 3. The standard InChI is InChI=1S/C10H15NO2/c1-13-10(12)9-6-7-4-2-3-5-8(7)11-9/h2,4,7-9,11H,3,5-6H2,1H3/t7?,8?,9-/m0/s1. The first kappa shape index (κ1) is 8.75. The van der Waals surface area contributed by atoms with Gasteiger partial charge in [0.2, 0.25) is 0 Å². The Labute approximate surface area is 78.1 Å². The SMILES string of the molecule is COC(=O)[C@@H]1CC2C=CCCC2N1. The van der Waals surface area contributed by atoms with Crippen LogP contribution >= 0.6 is 0 Å². The van der Waals surface area contributed by atoms with Crippen molar-refractivity contribution in [3.05, 3.63) is 12.2 Å². The average Bonchev–Trinajstić information content (AvgIpc) is 2.59. The van der Waals surface area contributed by atoms with Gasteiger partial charge in [-0.2, -0.15) is 0 Å². The number of hydrogen-bond donors (Lipinski definition) is 1. The summed E-state index contributed by atoms with van der Waals surface area (Å²) >= 11 is 0. The molecule has 0 aromatic rings. The minimum Gasteiger partial charge on any atom is -0.468 e. The van der Waals surface area contributed by atoms with Crippen LogP contribution in [0.2, 0.25) is 0 Å². The van der Waals surface area contributed by atoms with Gasteiger partial charge in [0.1, 0.15) is 6.04 Å². The third-order valence-electron chi connectivity index (χ3n) is 2.95. The Morgan fingerprint density at radius 1 is 1.62 bits per heavy atom. The maximum Gasteiger partial charge on any atom is 0.322 e. The first-order valence-corrected chi connectivity index (χ1v) is 4.82. The maximum absolute atomic E-state index is 11.2. The number of allylic oxidation sites excluding steroid dienone is 1. The van der Waals surface area contributed by atoms with Crippen molar-refractivity contribution >= 4 is 5.97 Å². The second kappa shape index (κ2) is 3.50. The summed E-state index contributed by atoms with van der Waals surface area (Å²) in [6, 6.07) is 0.414. The zero-order valence-electron chi connectivity index (χ0n) is 7.82. The third-order valence-corrected chi connectivity index (χ3v) is 2.95. The van der Waals surface area contributed by atoms with E-state index in [0.717, 1.165) is 19.3 Å². The number of rotatable bonds is 1. The van der Waals surface area contributed by atoms with E-state index in [4.69, 9.17) is 4.74 Å². The van der Waals surface area contributed by atoms with E-state index < -0.39 is 0 Å². The normalized spacial score (nSPS) is 37.2. The van der Waals surface area contributed by atoms with Crippen molar-refractivity contribution in [1.82, 2.24) is 5.32 Å². The molecule has 13 heavy (non-hydrogen) atoms. The topological polar surface area (TPSA) is 38.3 Å². The van der Waals surface area contributed by atoms with E-state index in [1.807, 2.05) is 0 Å². The van der Waals surface area contributed by atoms with Crippen molar-refractivity contribution in [2.45, 2.75) is 31.3 Å². The van der Waals surface area contributed by atoms with E-state index >= 15 is 0 Å². The first-order valence-electron chi connectivity index (χ1n) is 4.82. The van der Waals surface area contributed by atoms with Gasteiger partial charge in [0, 0.05) is 6.04 Å². The summed E-state index contributed by atoms with van der Waals surface area (Å²) in [5.74, 6) is 0.417. The molecule has 2 aliphatic rings. The van der Waals surface area contributed by atoms with Crippen molar-refractivity contribution in [3.8, 4) is 0 Å². The van der Waals surface area contributed by atoms with Gasteiger partial charge < -0.3 is 10.1 Å². The maximum atomic E-state index is 11.2. The van der Waals surface area contributed by atoms with Crippen LogP contribution in [0.3, 0.4) is 0 Å². The summed E-state index contributed by atoms with van der Waals surface area (Å²) in [6.07, 6.45) is 7.61. The van der Waals surface area contributed by atoms with Crippen molar-refractivity contribution < 1.29 is 9.53 Å². The lowest BCUT2D eigenvalue weighted by Gasteiger charge is -2.19. The molecule has 0 saturated carbocycles. The molecule has 2 unspecified atom stereocenters. The van der Waals surface area contributed by atoms with Crippen LogP contribution in [0, 0.1) is 5.92 Å². The number of nitrogens with one attached hydrogen (secondary N) is 1. The third kappa shape index (κ3) is 1.61. The Kier molecular flexibility index (Phi) is 2.36. The van der Waals surface area contributed by atoms with Gasteiger partial charge in [0.05, 0.1) is 7.11 Å². The van der Waals surface area contributed by atoms with Gasteiger partial charge in [0.15, 0.2) is 0 Å². The summed E-state index contributed by atoms with van der Waals surface area (Å²) < 4.78 is 4.71. The minimum absolute atomic E-state index is 0.0808. The van der Waals surface area contributed by atoms with Gasteiger partial charge in [-0.05, 0) is 25.2 Å². The van der Waals surface area contributed by atoms with Crippen LogP contribution < -0.4 is 5.32 Å². The number of methoxy groups -OCH3 is 1. The Hall–Kier alpha value is -0.830. The van der Waals surface area contributed by atoms with E-state index in [9.17, 15) is 4.79 Å². The summed E-state index contributed by atoms with van der Waals surface area (Å²) in [4.78, 5) is 11.2. The van der Waals surface area contributed by atoms with Crippen LogP contribution in [0.1, 0.15) is 19.3 Å². The Morgan fingerprint density at radius 2 is 2.46 bits per heavy atom. The Bertz CT molecular complexity index is 237. The first-order chi connectivity index (χ1) is 6.31. The summed E-state index contributed by atoms with van der Waals surface area (Å²) in [5, 5.41) is 3.32. The fourth-order valence-corrected chi connectivity index (χ4v) is 2.25. The molecule has 2 rings (SSSR count). The molecule has 1 fully saturated rings. The lowest BCUT2D eigenvalue weighted by atomic mass is 9.91. The fourth-order valence-electron chi connectivity index (χ4n) is 2.25. The molecule has 0 amide bonds. The summed E-state index contributed by atoms with van der Waals surface area (Å²) in [7, 11) is 1.45. The molecule has 1 aliphatic carbocycles. The van der Waals surface area contributed by atoms with Crippen LogP contribution in [0.4, 0.5) is 0 Å². The molecule has 3 heteroatoms. The average molecular weight is 181 g/mol. The van der Waals surface area contributed by atoms with E-state index in [2.05, 4.69) is 17.5 Å². The highest BCUT2D eigenvalue weighted by molar-refractivity contribution is 5.76. The number of carbonyl (C=O) groups excluding carboxylic acids is 1. The van der Waals surface area contributed by atoms with Crippen LogP contribution in [-0.2, 0) is 9.53 Å². The van der Waals surface area contributed by atoms with Gasteiger partial charge in [-0.1, -0.05) is 12.2 Å². The molecule has 1 N–H and O–H groups in total. The monoisotopic (exact) mass is 181 g/mol. The second-order valence-electron chi connectivity index (χ2n) is 3.75. The molecule has 3 nitrogen and oxygen atoms in total. The Balaban J connectivity index is 2.00. The van der Waals surface area contributed by atoms with Gasteiger partial charge in [0.25, 0.3) is 0 Å². The van der Waals surface area contributed by atoms with Crippen molar-refractivity contribution in [2.75, 3.05) is 7.11 Å². The summed E-state index contributed by atoms with van der Waals surface area (Å²) in [6.45, 7) is 0. The van der Waals surface area contributed by atoms with Gasteiger partial charge in [-0.3, -0.25) is 4.79 Å². The van der Waals surface area contributed by atoms with Gasteiger partial charge >= 0.3 is 5.97 Å². The Morgan fingerprint density at radius 3 is 3.15 bits per heavy atom. The van der Waals surface area contributed by atoms with Gasteiger partial charge in [-0.15, -0.1) is 0 Å². The predicted octanol–water partition coefficient (Wildman–Crippen LogP) is 0.856. The van der Waals surface area contributed by atoms with Crippen molar-refractivity contribution in [1.29, 1.82) is 0 Å². The van der Waals surface area contributed by atoms with Crippen LogP contribution in [-0.4, -0.2) is 25.2 Å². The minimum atomic E-state index is -0.122. The quantitative estimate of drug-likeness (QED) is 0.481. The van der Waals surface area contributed by atoms with E-state index in [1.165, 1.54) is 7.11 Å². The number of ether oxygens (including phenoxy) is 1. The molecule has 0 aromatic heterocycles. The molecule has 0 spiro atoms. The molecule has 72 valence electrons. The molecule has 0 aromatic carbocycles. The van der Waals surface area contributed by atoms with Crippen LogP contribution in [0.15, 0.2) is 12.2 Å². The molecule has 0 radical (unpaired) electrons. The number of carbonyl (C=O) groups is 1. The van der Waals surface area contributed by atoms with Crippen molar-refractivity contribution in [2.24, 2.45) is 5.92 Å². The highest BCUT2D eigenvalue weighted by Gasteiger charge is 2.36.